The molecule has 0 amide bonds. The van der Waals surface area contributed by atoms with Gasteiger partial charge in [-0.2, -0.15) is 0 Å². The SMILES string of the molecule is C=C(C)CSc1nc2sc3c(c2c(=O)n1CCc1ccccc1)CC(C)(C)OC3. The van der Waals surface area contributed by atoms with Gasteiger partial charge in [-0.05, 0) is 38.3 Å². The fourth-order valence-electron chi connectivity index (χ4n) is 3.59. The summed E-state index contributed by atoms with van der Waals surface area (Å²) in [5.74, 6) is 0.754. The van der Waals surface area contributed by atoms with Gasteiger partial charge in [0.25, 0.3) is 5.56 Å². The van der Waals surface area contributed by atoms with Crippen molar-refractivity contribution in [2.45, 2.75) is 57.5 Å². The van der Waals surface area contributed by atoms with Crippen LogP contribution in [0.3, 0.4) is 0 Å². The minimum Gasteiger partial charge on any atom is -0.370 e. The lowest BCUT2D eigenvalue weighted by Gasteiger charge is -2.29. The van der Waals surface area contributed by atoms with Crippen molar-refractivity contribution < 1.29 is 4.74 Å². The normalized spacial score (nSPS) is 15.4. The van der Waals surface area contributed by atoms with Crippen molar-refractivity contribution in [3.63, 3.8) is 0 Å². The summed E-state index contributed by atoms with van der Waals surface area (Å²) in [6.45, 7) is 11.3. The van der Waals surface area contributed by atoms with Gasteiger partial charge in [0.05, 0.1) is 17.6 Å². The molecule has 0 unspecified atom stereocenters. The van der Waals surface area contributed by atoms with E-state index in [4.69, 9.17) is 9.72 Å². The van der Waals surface area contributed by atoms with Gasteiger partial charge in [-0.1, -0.05) is 54.2 Å². The highest BCUT2D eigenvalue weighted by Crippen LogP contribution is 2.37. The molecule has 29 heavy (non-hydrogen) atoms. The first-order valence-electron chi connectivity index (χ1n) is 9.84. The van der Waals surface area contributed by atoms with E-state index in [0.29, 0.717) is 13.2 Å². The summed E-state index contributed by atoms with van der Waals surface area (Å²) in [5, 5.41) is 1.56. The van der Waals surface area contributed by atoms with Crippen molar-refractivity contribution in [1.29, 1.82) is 0 Å². The van der Waals surface area contributed by atoms with Crippen molar-refractivity contribution in [3.05, 3.63) is 68.8 Å². The van der Waals surface area contributed by atoms with E-state index in [9.17, 15) is 4.79 Å². The molecule has 0 N–H and O–H groups in total. The van der Waals surface area contributed by atoms with E-state index in [0.717, 1.165) is 50.0 Å². The molecule has 0 atom stereocenters. The van der Waals surface area contributed by atoms with Crippen molar-refractivity contribution >= 4 is 33.3 Å². The van der Waals surface area contributed by atoms with Crippen molar-refractivity contribution in [1.82, 2.24) is 9.55 Å². The van der Waals surface area contributed by atoms with Crippen LogP contribution in [0.4, 0.5) is 0 Å². The molecule has 4 nitrogen and oxygen atoms in total. The number of aryl methyl sites for hydroxylation is 1. The maximum Gasteiger partial charge on any atom is 0.263 e. The Morgan fingerprint density at radius 3 is 2.83 bits per heavy atom. The number of hydrogen-bond acceptors (Lipinski definition) is 5. The van der Waals surface area contributed by atoms with Crippen LogP contribution >= 0.6 is 23.1 Å². The molecular formula is C23H26N2O2S2. The van der Waals surface area contributed by atoms with Crippen molar-refractivity contribution in [2.24, 2.45) is 0 Å². The molecule has 3 aromatic rings. The van der Waals surface area contributed by atoms with E-state index in [2.05, 4.69) is 32.6 Å². The molecule has 1 aliphatic rings. The minimum absolute atomic E-state index is 0.0744. The second kappa shape index (κ2) is 8.09. The third-order valence-electron chi connectivity index (χ3n) is 5.07. The van der Waals surface area contributed by atoms with Crippen LogP contribution < -0.4 is 5.56 Å². The third kappa shape index (κ3) is 4.34. The summed E-state index contributed by atoms with van der Waals surface area (Å²) >= 11 is 3.19. The summed E-state index contributed by atoms with van der Waals surface area (Å²) < 4.78 is 7.82. The predicted octanol–water partition coefficient (Wildman–Crippen LogP) is 5.22. The molecule has 3 heterocycles. The zero-order chi connectivity index (χ0) is 20.6. The number of thioether (sulfide) groups is 1. The monoisotopic (exact) mass is 426 g/mol. The number of benzene rings is 1. The molecule has 0 spiro atoms. The number of aromatic nitrogens is 2. The average molecular weight is 427 g/mol. The van der Waals surface area contributed by atoms with Gasteiger partial charge in [0.15, 0.2) is 5.16 Å². The molecule has 4 rings (SSSR count). The number of fused-ring (bicyclic) bond motifs is 3. The van der Waals surface area contributed by atoms with Gasteiger partial charge >= 0.3 is 0 Å². The number of ether oxygens (including phenoxy) is 1. The first-order chi connectivity index (χ1) is 13.8. The summed E-state index contributed by atoms with van der Waals surface area (Å²) in [5.41, 5.74) is 3.24. The number of rotatable bonds is 6. The summed E-state index contributed by atoms with van der Waals surface area (Å²) in [7, 11) is 0. The number of thiophene rings is 1. The van der Waals surface area contributed by atoms with E-state index in [1.165, 1.54) is 5.56 Å². The van der Waals surface area contributed by atoms with Gasteiger partial charge in [-0.25, -0.2) is 4.98 Å². The second-order valence-corrected chi connectivity index (χ2v) is 10.3. The van der Waals surface area contributed by atoms with Gasteiger partial charge in [0.2, 0.25) is 0 Å². The maximum atomic E-state index is 13.6. The third-order valence-corrected chi connectivity index (χ3v) is 7.38. The molecule has 0 radical (unpaired) electrons. The molecule has 0 bridgehead atoms. The molecule has 0 fully saturated rings. The van der Waals surface area contributed by atoms with Crippen LogP contribution in [0, 0.1) is 0 Å². The average Bonchev–Trinajstić information content (AvgIpc) is 3.03. The van der Waals surface area contributed by atoms with Crippen LogP contribution in [-0.4, -0.2) is 20.9 Å². The second-order valence-electron chi connectivity index (χ2n) is 8.24. The molecule has 152 valence electrons. The zero-order valence-corrected chi connectivity index (χ0v) is 18.8. The van der Waals surface area contributed by atoms with Gasteiger partial charge in [0, 0.05) is 23.6 Å². The molecule has 0 aliphatic carbocycles. The standard InChI is InChI=1S/C23H26N2O2S2/c1-15(2)14-28-22-24-20-19(17-12-23(3,4)27-13-18(17)29-20)21(26)25(22)11-10-16-8-6-5-7-9-16/h5-9H,1,10-14H2,2-4H3. The lowest BCUT2D eigenvalue weighted by Crippen LogP contribution is -2.32. The van der Waals surface area contributed by atoms with Crippen LogP contribution in [0.1, 0.15) is 36.8 Å². The van der Waals surface area contributed by atoms with Crippen molar-refractivity contribution in [3.8, 4) is 0 Å². The van der Waals surface area contributed by atoms with Gasteiger partial charge in [0.1, 0.15) is 4.83 Å². The maximum absolute atomic E-state index is 13.6. The molecular weight excluding hydrogens is 400 g/mol. The quantitative estimate of drug-likeness (QED) is 0.308. The lowest BCUT2D eigenvalue weighted by molar-refractivity contribution is -0.0379. The highest BCUT2D eigenvalue weighted by atomic mass is 32.2. The highest BCUT2D eigenvalue weighted by Gasteiger charge is 2.31. The van der Waals surface area contributed by atoms with Crippen LogP contribution in [0.15, 0.2) is 52.4 Å². The topological polar surface area (TPSA) is 44.1 Å². The Labute approximate surface area is 179 Å². The van der Waals surface area contributed by atoms with Gasteiger partial charge < -0.3 is 4.74 Å². The number of hydrogen-bond donors (Lipinski definition) is 0. The van der Waals surface area contributed by atoms with Gasteiger partial charge in [-0.15, -0.1) is 11.3 Å². The predicted molar refractivity (Wildman–Crippen MR) is 122 cm³/mol. The zero-order valence-electron chi connectivity index (χ0n) is 17.2. The van der Waals surface area contributed by atoms with E-state index < -0.39 is 0 Å². The molecule has 1 aromatic carbocycles. The smallest absolute Gasteiger partial charge is 0.263 e. The first kappa shape index (κ1) is 20.4. The van der Waals surface area contributed by atoms with Crippen LogP contribution in [-0.2, 0) is 30.7 Å². The van der Waals surface area contributed by atoms with E-state index >= 15 is 0 Å². The Bertz CT molecular complexity index is 1110. The summed E-state index contributed by atoms with van der Waals surface area (Å²) in [6, 6.07) is 10.3. The fraction of sp³-hybridized carbons (Fsp3) is 0.391. The molecule has 0 saturated heterocycles. The molecule has 1 aliphatic heterocycles. The Hall–Kier alpha value is -1.89. The van der Waals surface area contributed by atoms with E-state index in [1.54, 1.807) is 23.1 Å². The molecule has 6 heteroatoms. The molecule has 0 saturated carbocycles. The number of nitrogens with zero attached hydrogens (tertiary/aromatic N) is 2. The Kier molecular flexibility index (Phi) is 5.69. The summed E-state index contributed by atoms with van der Waals surface area (Å²) in [6.07, 6.45) is 1.55. The highest BCUT2D eigenvalue weighted by molar-refractivity contribution is 7.99. The van der Waals surface area contributed by atoms with Crippen LogP contribution in [0.5, 0.6) is 0 Å². The Balaban J connectivity index is 1.79. The first-order valence-corrected chi connectivity index (χ1v) is 11.6. The Morgan fingerprint density at radius 1 is 1.34 bits per heavy atom. The fourth-order valence-corrected chi connectivity index (χ4v) is 5.60. The van der Waals surface area contributed by atoms with Crippen LogP contribution in [0.2, 0.25) is 0 Å². The largest absolute Gasteiger partial charge is 0.370 e. The van der Waals surface area contributed by atoms with E-state index in [-0.39, 0.29) is 11.2 Å². The summed E-state index contributed by atoms with van der Waals surface area (Å²) in [4.78, 5) is 20.5. The van der Waals surface area contributed by atoms with E-state index in [1.807, 2.05) is 29.7 Å². The Morgan fingerprint density at radius 2 is 2.10 bits per heavy atom. The van der Waals surface area contributed by atoms with Gasteiger partial charge in [-0.3, -0.25) is 9.36 Å². The van der Waals surface area contributed by atoms with Crippen molar-refractivity contribution in [2.75, 3.05) is 5.75 Å². The van der Waals surface area contributed by atoms with Crippen LogP contribution in [0.25, 0.3) is 10.2 Å². The molecule has 2 aromatic heterocycles. The minimum atomic E-state index is -0.254. The lowest BCUT2D eigenvalue weighted by atomic mass is 9.94.